The average Bonchev–Trinajstić information content (AvgIpc) is 3.16. The standard InChI is InChI=1S/C18H19N3O4S/c1-2-20(13-17(22)19-12-16-7-4-10-26-16)18(23)9-8-14-5-3-6-15(11-14)21(24)25/h3-11H,2,12-13H2,1H3,(H,19,22). The third-order valence-electron chi connectivity index (χ3n) is 3.57. The number of nitrogens with zero attached hydrogens (tertiary/aromatic N) is 2. The third kappa shape index (κ3) is 5.82. The molecule has 7 nitrogen and oxygen atoms in total. The van der Waals surface area contributed by atoms with Gasteiger partial charge in [-0.3, -0.25) is 19.7 Å². The van der Waals surface area contributed by atoms with Crippen molar-refractivity contribution in [1.82, 2.24) is 10.2 Å². The van der Waals surface area contributed by atoms with Gasteiger partial charge < -0.3 is 10.2 Å². The lowest BCUT2D eigenvalue weighted by Crippen LogP contribution is -2.39. The summed E-state index contributed by atoms with van der Waals surface area (Å²) >= 11 is 1.55. The van der Waals surface area contributed by atoms with E-state index in [0.717, 1.165) is 4.88 Å². The molecule has 0 aliphatic heterocycles. The second-order valence-electron chi connectivity index (χ2n) is 5.39. The average molecular weight is 373 g/mol. The van der Waals surface area contributed by atoms with E-state index in [1.165, 1.54) is 29.2 Å². The molecule has 2 amide bonds. The van der Waals surface area contributed by atoms with Gasteiger partial charge in [0.2, 0.25) is 11.8 Å². The van der Waals surface area contributed by atoms with Gasteiger partial charge in [0.15, 0.2) is 0 Å². The minimum Gasteiger partial charge on any atom is -0.350 e. The quantitative estimate of drug-likeness (QED) is 0.437. The highest BCUT2D eigenvalue weighted by molar-refractivity contribution is 7.09. The second-order valence-corrected chi connectivity index (χ2v) is 6.43. The number of hydrogen-bond acceptors (Lipinski definition) is 5. The predicted octanol–water partition coefficient (Wildman–Crippen LogP) is 2.83. The fourth-order valence-electron chi connectivity index (χ4n) is 2.19. The van der Waals surface area contributed by atoms with E-state index in [9.17, 15) is 19.7 Å². The fraction of sp³-hybridized carbons (Fsp3) is 0.222. The molecule has 0 saturated carbocycles. The van der Waals surface area contributed by atoms with Crippen LogP contribution in [0.5, 0.6) is 0 Å². The van der Waals surface area contributed by atoms with Crippen LogP contribution < -0.4 is 5.32 Å². The molecule has 0 radical (unpaired) electrons. The first-order chi connectivity index (χ1) is 12.5. The summed E-state index contributed by atoms with van der Waals surface area (Å²) in [6.45, 7) is 2.56. The Morgan fingerprint density at radius 2 is 2.12 bits per heavy atom. The Labute approximate surface area is 155 Å². The topological polar surface area (TPSA) is 92.6 Å². The summed E-state index contributed by atoms with van der Waals surface area (Å²) in [5.41, 5.74) is 0.505. The molecule has 0 saturated heterocycles. The molecule has 26 heavy (non-hydrogen) atoms. The highest BCUT2D eigenvalue weighted by Crippen LogP contribution is 2.14. The second kappa shape index (κ2) is 9.47. The Hall–Kier alpha value is -3.00. The summed E-state index contributed by atoms with van der Waals surface area (Å²) in [6, 6.07) is 9.82. The fourth-order valence-corrected chi connectivity index (χ4v) is 2.83. The molecule has 0 aliphatic rings. The molecular weight excluding hydrogens is 354 g/mol. The van der Waals surface area contributed by atoms with Crippen LogP contribution in [-0.2, 0) is 16.1 Å². The first-order valence-corrected chi connectivity index (χ1v) is 8.88. The molecule has 1 aromatic heterocycles. The molecule has 0 spiro atoms. The largest absolute Gasteiger partial charge is 0.350 e. The van der Waals surface area contributed by atoms with Gasteiger partial charge in [0.05, 0.1) is 18.0 Å². The maximum atomic E-state index is 12.3. The van der Waals surface area contributed by atoms with Crippen molar-refractivity contribution >= 4 is 34.9 Å². The number of nitro benzene ring substituents is 1. The van der Waals surface area contributed by atoms with Crippen LogP contribution in [0.25, 0.3) is 6.08 Å². The number of carbonyl (C=O) groups excluding carboxylic acids is 2. The molecular formula is C18H19N3O4S. The van der Waals surface area contributed by atoms with Gasteiger partial charge in [-0.25, -0.2) is 0 Å². The lowest BCUT2D eigenvalue weighted by atomic mass is 10.2. The van der Waals surface area contributed by atoms with Gasteiger partial charge in [-0.2, -0.15) is 0 Å². The highest BCUT2D eigenvalue weighted by Gasteiger charge is 2.13. The molecule has 136 valence electrons. The number of nitro groups is 1. The van der Waals surface area contributed by atoms with Crippen molar-refractivity contribution in [3.8, 4) is 0 Å². The Morgan fingerprint density at radius 3 is 2.77 bits per heavy atom. The van der Waals surface area contributed by atoms with Crippen LogP contribution in [0.2, 0.25) is 0 Å². The van der Waals surface area contributed by atoms with E-state index in [2.05, 4.69) is 5.32 Å². The van der Waals surface area contributed by atoms with E-state index in [0.29, 0.717) is 18.7 Å². The van der Waals surface area contributed by atoms with Gasteiger partial charge in [-0.05, 0) is 30.0 Å². The van der Waals surface area contributed by atoms with Crippen molar-refractivity contribution in [2.75, 3.05) is 13.1 Å². The van der Waals surface area contributed by atoms with Gasteiger partial charge in [0, 0.05) is 29.6 Å². The lowest BCUT2D eigenvalue weighted by molar-refractivity contribution is -0.384. The first-order valence-electron chi connectivity index (χ1n) is 8.00. The summed E-state index contributed by atoms with van der Waals surface area (Å²) in [4.78, 5) is 37.0. The maximum absolute atomic E-state index is 12.3. The summed E-state index contributed by atoms with van der Waals surface area (Å²) in [6.07, 6.45) is 2.82. The van der Waals surface area contributed by atoms with Crippen molar-refractivity contribution in [1.29, 1.82) is 0 Å². The number of non-ortho nitro benzene ring substituents is 1. The van der Waals surface area contributed by atoms with Crippen molar-refractivity contribution in [3.63, 3.8) is 0 Å². The van der Waals surface area contributed by atoms with E-state index in [1.54, 1.807) is 30.4 Å². The van der Waals surface area contributed by atoms with Crippen LogP contribution in [0.15, 0.2) is 47.9 Å². The molecule has 0 atom stereocenters. The smallest absolute Gasteiger partial charge is 0.270 e. The Kier molecular flexibility index (Phi) is 7.04. The van der Waals surface area contributed by atoms with E-state index in [4.69, 9.17) is 0 Å². The number of likely N-dealkylation sites (N-methyl/N-ethyl adjacent to an activating group) is 1. The summed E-state index contributed by atoms with van der Waals surface area (Å²) in [5.74, 6) is -0.567. The summed E-state index contributed by atoms with van der Waals surface area (Å²) in [7, 11) is 0. The number of hydrogen-bond donors (Lipinski definition) is 1. The molecule has 0 bridgehead atoms. The minimum atomic E-state index is -0.491. The third-order valence-corrected chi connectivity index (χ3v) is 4.44. The van der Waals surface area contributed by atoms with Crippen LogP contribution in [-0.4, -0.2) is 34.7 Å². The molecule has 0 unspecified atom stereocenters. The van der Waals surface area contributed by atoms with Crippen LogP contribution >= 0.6 is 11.3 Å². The molecule has 1 heterocycles. The molecule has 2 aromatic rings. The van der Waals surface area contributed by atoms with Crippen LogP contribution in [0, 0.1) is 10.1 Å². The van der Waals surface area contributed by atoms with Gasteiger partial charge in [0.1, 0.15) is 0 Å². The highest BCUT2D eigenvalue weighted by atomic mass is 32.1. The van der Waals surface area contributed by atoms with E-state index < -0.39 is 4.92 Å². The Balaban J connectivity index is 1.91. The van der Waals surface area contributed by atoms with Gasteiger partial charge >= 0.3 is 0 Å². The van der Waals surface area contributed by atoms with Gasteiger partial charge in [-0.15, -0.1) is 11.3 Å². The normalized spacial score (nSPS) is 10.7. The number of benzene rings is 1. The summed E-state index contributed by atoms with van der Waals surface area (Å²) < 4.78 is 0. The molecule has 1 aromatic carbocycles. The zero-order chi connectivity index (χ0) is 18.9. The minimum absolute atomic E-state index is 0.0417. The van der Waals surface area contributed by atoms with Gasteiger partial charge in [-0.1, -0.05) is 18.2 Å². The van der Waals surface area contributed by atoms with Crippen molar-refractivity contribution in [3.05, 3.63) is 68.4 Å². The number of amides is 2. The summed E-state index contributed by atoms with van der Waals surface area (Å²) in [5, 5.41) is 15.5. The number of thiophene rings is 1. The molecule has 0 fully saturated rings. The Morgan fingerprint density at radius 1 is 1.31 bits per heavy atom. The van der Waals surface area contributed by atoms with Crippen molar-refractivity contribution in [2.24, 2.45) is 0 Å². The SMILES string of the molecule is CCN(CC(=O)NCc1cccs1)C(=O)C=Cc1cccc([N+](=O)[O-])c1. The van der Waals surface area contributed by atoms with Crippen molar-refractivity contribution in [2.45, 2.75) is 13.5 Å². The van der Waals surface area contributed by atoms with Crippen LogP contribution in [0.1, 0.15) is 17.4 Å². The lowest BCUT2D eigenvalue weighted by Gasteiger charge is -2.18. The number of rotatable bonds is 8. The Bertz CT molecular complexity index is 803. The first kappa shape index (κ1) is 19.3. The van der Waals surface area contributed by atoms with Crippen LogP contribution in [0.4, 0.5) is 5.69 Å². The molecule has 8 heteroatoms. The van der Waals surface area contributed by atoms with Crippen LogP contribution in [0.3, 0.4) is 0 Å². The molecule has 1 N–H and O–H groups in total. The zero-order valence-corrected chi connectivity index (χ0v) is 15.1. The predicted molar refractivity (Wildman–Crippen MR) is 101 cm³/mol. The maximum Gasteiger partial charge on any atom is 0.270 e. The van der Waals surface area contributed by atoms with E-state index in [1.807, 2.05) is 17.5 Å². The van der Waals surface area contributed by atoms with E-state index in [-0.39, 0.29) is 24.0 Å². The molecule has 0 aliphatic carbocycles. The molecule has 2 rings (SSSR count). The van der Waals surface area contributed by atoms with E-state index >= 15 is 0 Å². The number of nitrogens with one attached hydrogen (secondary N) is 1. The zero-order valence-electron chi connectivity index (χ0n) is 14.3. The van der Waals surface area contributed by atoms with Gasteiger partial charge in [0.25, 0.3) is 5.69 Å². The van der Waals surface area contributed by atoms with Crippen molar-refractivity contribution < 1.29 is 14.5 Å². The monoisotopic (exact) mass is 373 g/mol. The number of carbonyl (C=O) groups is 2.